The molecule has 0 atom stereocenters. The average molecular weight is 191 g/mol. The molecule has 0 bridgehead atoms. The molecule has 1 aromatic heterocycles. The van der Waals surface area contributed by atoms with E-state index in [0.717, 1.165) is 17.2 Å². The van der Waals surface area contributed by atoms with Crippen LogP contribution in [0.25, 0.3) is 0 Å². The predicted octanol–water partition coefficient (Wildman–Crippen LogP) is 1.99. The van der Waals surface area contributed by atoms with Gasteiger partial charge in [0.15, 0.2) is 5.13 Å². The van der Waals surface area contributed by atoms with Crippen molar-refractivity contribution in [2.75, 3.05) is 24.9 Å². The van der Waals surface area contributed by atoms with E-state index in [1.54, 1.807) is 11.3 Å². The van der Waals surface area contributed by atoms with Gasteiger partial charge in [0.2, 0.25) is 0 Å². The highest BCUT2D eigenvalue weighted by Crippen LogP contribution is 2.18. The van der Waals surface area contributed by atoms with E-state index in [1.165, 1.54) is 0 Å². The molecule has 2 nitrogen and oxygen atoms in total. The van der Waals surface area contributed by atoms with Crippen LogP contribution in [-0.4, -0.2) is 25.0 Å². The van der Waals surface area contributed by atoms with Crippen molar-refractivity contribution in [2.24, 2.45) is 0 Å². The second-order valence-electron chi connectivity index (χ2n) is 2.45. The van der Waals surface area contributed by atoms with Crippen LogP contribution in [0.5, 0.6) is 0 Å². The Morgan fingerprint density at radius 3 is 2.82 bits per heavy atom. The van der Waals surface area contributed by atoms with Crippen LogP contribution in [0.4, 0.5) is 5.13 Å². The standard InChI is InChI=1S/C7H11ClN2S/c1-10(2)7-9-6(3-4-8)5-11-7/h5H,3-4H2,1-2H3. The fourth-order valence-corrected chi connectivity index (χ4v) is 1.70. The lowest BCUT2D eigenvalue weighted by Crippen LogP contribution is -2.08. The molecule has 0 radical (unpaired) electrons. The zero-order chi connectivity index (χ0) is 8.27. The lowest BCUT2D eigenvalue weighted by atomic mass is 10.4. The molecule has 1 aromatic rings. The predicted molar refractivity (Wildman–Crippen MR) is 50.9 cm³/mol. The minimum Gasteiger partial charge on any atom is -0.354 e. The molecular weight excluding hydrogens is 180 g/mol. The molecule has 0 spiro atoms. The van der Waals surface area contributed by atoms with Crippen molar-refractivity contribution in [3.63, 3.8) is 0 Å². The van der Waals surface area contributed by atoms with E-state index in [0.29, 0.717) is 5.88 Å². The highest BCUT2D eigenvalue weighted by Gasteiger charge is 2.01. The smallest absolute Gasteiger partial charge is 0.184 e. The summed E-state index contributed by atoms with van der Waals surface area (Å²) in [5, 5.41) is 3.10. The van der Waals surface area contributed by atoms with Crippen LogP contribution in [-0.2, 0) is 6.42 Å². The fraction of sp³-hybridized carbons (Fsp3) is 0.571. The Morgan fingerprint density at radius 2 is 2.36 bits per heavy atom. The molecule has 0 fully saturated rings. The van der Waals surface area contributed by atoms with Crippen LogP contribution in [0.15, 0.2) is 5.38 Å². The summed E-state index contributed by atoms with van der Waals surface area (Å²) in [7, 11) is 3.98. The summed E-state index contributed by atoms with van der Waals surface area (Å²) < 4.78 is 0. The Morgan fingerprint density at radius 1 is 1.64 bits per heavy atom. The SMILES string of the molecule is CN(C)c1nc(CCCl)cs1. The Balaban J connectivity index is 2.66. The number of alkyl halides is 1. The quantitative estimate of drug-likeness (QED) is 0.678. The Labute approximate surface area is 75.8 Å². The Hall–Kier alpha value is -0.280. The summed E-state index contributed by atoms with van der Waals surface area (Å²) >= 11 is 7.23. The highest BCUT2D eigenvalue weighted by molar-refractivity contribution is 7.13. The van der Waals surface area contributed by atoms with Gasteiger partial charge < -0.3 is 4.90 Å². The molecule has 0 unspecified atom stereocenters. The van der Waals surface area contributed by atoms with Gasteiger partial charge >= 0.3 is 0 Å². The first-order valence-electron chi connectivity index (χ1n) is 3.41. The highest BCUT2D eigenvalue weighted by atomic mass is 35.5. The summed E-state index contributed by atoms with van der Waals surface area (Å²) in [4.78, 5) is 6.36. The third-order valence-corrected chi connectivity index (χ3v) is 2.52. The lowest BCUT2D eigenvalue weighted by Gasteiger charge is -2.05. The minimum atomic E-state index is 0.649. The number of rotatable bonds is 3. The Kier molecular flexibility index (Phi) is 3.15. The first-order valence-corrected chi connectivity index (χ1v) is 4.83. The number of hydrogen-bond acceptors (Lipinski definition) is 3. The minimum absolute atomic E-state index is 0.649. The van der Waals surface area contributed by atoms with Crippen LogP contribution in [0.2, 0.25) is 0 Å². The summed E-state index contributed by atoms with van der Waals surface area (Å²) in [6.45, 7) is 0. The van der Waals surface area contributed by atoms with E-state index in [9.17, 15) is 0 Å². The summed E-state index contributed by atoms with van der Waals surface area (Å²) in [6, 6.07) is 0. The maximum atomic E-state index is 5.58. The fourth-order valence-electron chi connectivity index (χ4n) is 0.713. The monoisotopic (exact) mass is 190 g/mol. The number of aromatic nitrogens is 1. The number of thiazole rings is 1. The molecule has 62 valence electrons. The molecule has 11 heavy (non-hydrogen) atoms. The molecule has 0 saturated heterocycles. The lowest BCUT2D eigenvalue weighted by molar-refractivity contribution is 1.03. The summed E-state index contributed by atoms with van der Waals surface area (Å²) in [5.74, 6) is 0.649. The van der Waals surface area contributed by atoms with Gasteiger partial charge in [0.25, 0.3) is 0 Å². The first-order chi connectivity index (χ1) is 5.24. The number of hydrogen-bond donors (Lipinski definition) is 0. The van der Waals surface area contributed by atoms with Gasteiger partial charge in [-0.2, -0.15) is 0 Å². The molecule has 0 aliphatic carbocycles. The molecule has 1 rings (SSSR count). The van der Waals surface area contributed by atoms with Gasteiger partial charge in [0.05, 0.1) is 5.69 Å². The van der Waals surface area contributed by atoms with Crippen molar-refractivity contribution in [3.05, 3.63) is 11.1 Å². The normalized spacial score (nSPS) is 10.1. The largest absolute Gasteiger partial charge is 0.354 e. The zero-order valence-electron chi connectivity index (χ0n) is 6.67. The van der Waals surface area contributed by atoms with E-state index in [4.69, 9.17) is 11.6 Å². The molecule has 1 heterocycles. The topological polar surface area (TPSA) is 16.1 Å². The number of nitrogens with zero attached hydrogens (tertiary/aromatic N) is 2. The van der Waals surface area contributed by atoms with Crippen molar-refractivity contribution in [3.8, 4) is 0 Å². The summed E-state index contributed by atoms with van der Waals surface area (Å²) in [6.07, 6.45) is 0.867. The molecule has 0 aromatic carbocycles. The van der Waals surface area contributed by atoms with Crippen LogP contribution in [0.3, 0.4) is 0 Å². The van der Waals surface area contributed by atoms with Crippen molar-refractivity contribution < 1.29 is 0 Å². The van der Waals surface area contributed by atoms with E-state index in [-0.39, 0.29) is 0 Å². The van der Waals surface area contributed by atoms with Crippen LogP contribution in [0.1, 0.15) is 5.69 Å². The second kappa shape index (κ2) is 3.93. The van der Waals surface area contributed by atoms with E-state index in [2.05, 4.69) is 10.4 Å². The molecule has 0 amide bonds. The van der Waals surface area contributed by atoms with Gasteiger partial charge in [-0.3, -0.25) is 0 Å². The number of halogens is 1. The third-order valence-electron chi connectivity index (χ3n) is 1.27. The molecule has 0 saturated carbocycles. The average Bonchev–Trinajstić information content (AvgIpc) is 2.37. The van der Waals surface area contributed by atoms with Gasteiger partial charge in [0, 0.05) is 31.8 Å². The van der Waals surface area contributed by atoms with Gasteiger partial charge in [0.1, 0.15) is 0 Å². The van der Waals surface area contributed by atoms with E-state index < -0.39 is 0 Å². The molecule has 4 heteroatoms. The van der Waals surface area contributed by atoms with Crippen LogP contribution < -0.4 is 4.90 Å². The van der Waals surface area contributed by atoms with Crippen molar-refractivity contribution in [1.29, 1.82) is 0 Å². The molecule has 0 N–H and O–H groups in total. The first kappa shape index (κ1) is 8.81. The maximum absolute atomic E-state index is 5.58. The van der Waals surface area contributed by atoms with E-state index in [1.807, 2.05) is 19.0 Å². The van der Waals surface area contributed by atoms with Crippen molar-refractivity contribution in [1.82, 2.24) is 4.98 Å². The third kappa shape index (κ3) is 2.34. The number of aryl methyl sites for hydroxylation is 1. The van der Waals surface area contributed by atoms with Crippen LogP contribution >= 0.6 is 22.9 Å². The van der Waals surface area contributed by atoms with Gasteiger partial charge in [-0.25, -0.2) is 4.98 Å². The van der Waals surface area contributed by atoms with Gasteiger partial charge in [-0.1, -0.05) is 0 Å². The second-order valence-corrected chi connectivity index (χ2v) is 3.67. The Bertz CT molecular complexity index is 222. The zero-order valence-corrected chi connectivity index (χ0v) is 8.24. The van der Waals surface area contributed by atoms with Crippen molar-refractivity contribution in [2.45, 2.75) is 6.42 Å². The summed E-state index contributed by atoms with van der Waals surface area (Å²) in [5.41, 5.74) is 1.09. The number of anilines is 1. The molecule has 0 aliphatic rings. The van der Waals surface area contributed by atoms with Crippen LogP contribution in [0, 0.1) is 0 Å². The van der Waals surface area contributed by atoms with E-state index >= 15 is 0 Å². The maximum Gasteiger partial charge on any atom is 0.184 e. The van der Waals surface area contributed by atoms with Gasteiger partial charge in [-0.05, 0) is 0 Å². The van der Waals surface area contributed by atoms with Gasteiger partial charge in [-0.15, -0.1) is 22.9 Å². The molecular formula is C7H11ClN2S. The van der Waals surface area contributed by atoms with Crippen molar-refractivity contribution >= 4 is 28.1 Å². The molecule has 0 aliphatic heterocycles.